The Labute approximate surface area is 134 Å². The Balaban J connectivity index is 1.41. The molecule has 3 aromatic rings. The number of hydrogen-bond donors (Lipinski definition) is 0. The fraction of sp³-hybridized carbons (Fsp3) is 0.412. The topological polar surface area (TPSA) is 59.2 Å². The first-order valence-corrected chi connectivity index (χ1v) is 8.27. The van der Waals surface area contributed by atoms with Crippen molar-refractivity contribution in [2.75, 3.05) is 18.0 Å². The summed E-state index contributed by atoms with van der Waals surface area (Å²) in [5, 5.41) is 8.64. The van der Waals surface area contributed by atoms with Crippen LogP contribution in [0.2, 0.25) is 0 Å². The minimum Gasteiger partial charge on any atom is -0.355 e. The van der Waals surface area contributed by atoms with Gasteiger partial charge in [0, 0.05) is 30.5 Å². The third kappa shape index (κ3) is 2.01. The van der Waals surface area contributed by atoms with Crippen molar-refractivity contribution in [3.8, 4) is 0 Å². The van der Waals surface area contributed by atoms with Crippen LogP contribution in [0, 0.1) is 0 Å². The Bertz CT molecular complexity index is 864. The van der Waals surface area contributed by atoms with Crippen LogP contribution in [0.4, 0.5) is 5.82 Å². The van der Waals surface area contributed by atoms with E-state index in [1.54, 1.807) is 6.33 Å². The third-order valence-corrected chi connectivity index (χ3v) is 4.99. The molecule has 6 nitrogen and oxygen atoms in total. The minimum atomic E-state index is 0.418. The van der Waals surface area contributed by atoms with Crippen LogP contribution in [0.25, 0.3) is 5.65 Å². The lowest BCUT2D eigenvalue weighted by molar-refractivity contribution is 0.488. The van der Waals surface area contributed by atoms with Crippen LogP contribution in [0.5, 0.6) is 0 Å². The molecule has 116 valence electrons. The molecule has 0 saturated carbocycles. The molecular formula is C17H18N6. The first kappa shape index (κ1) is 13.0. The summed E-state index contributed by atoms with van der Waals surface area (Å²) < 4.78 is 2.09. The van der Waals surface area contributed by atoms with Crippen LogP contribution in [-0.4, -0.2) is 37.7 Å². The number of hydrogen-bond acceptors (Lipinski definition) is 5. The molecule has 0 bridgehead atoms. The highest BCUT2D eigenvalue weighted by Crippen LogP contribution is 2.34. The number of anilines is 1. The zero-order valence-corrected chi connectivity index (χ0v) is 12.9. The first-order chi connectivity index (χ1) is 11.4. The lowest BCUT2D eigenvalue weighted by Gasteiger charge is -2.40. The summed E-state index contributed by atoms with van der Waals surface area (Å²) in [5.41, 5.74) is 3.53. The van der Waals surface area contributed by atoms with Crippen molar-refractivity contribution in [3.63, 3.8) is 0 Å². The average molecular weight is 306 g/mol. The number of fused-ring (bicyclic) bond motifs is 2. The largest absolute Gasteiger partial charge is 0.355 e. The first-order valence-electron chi connectivity index (χ1n) is 8.27. The van der Waals surface area contributed by atoms with E-state index in [2.05, 4.69) is 29.5 Å². The van der Waals surface area contributed by atoms with Crippen molar-refractivity contribution in [1.82, 2.24) is 24.6 Å². The van der Waals surface area contributed by atoms with E-state index >= 15 is 0 Å². The zero-order valence-electron chi connectivity index (χ0n) is 12.9. The summed E-state index contributed by atoms with van der Waals surface area (Å²) in [6, 6.07) is 6.01. The number of aromatic nitrogens is 5. The molecule has 0 aromatic carbocycles. The molecule has 0 atom stereocenters. The van der Waals surface area contributed by atoms with Crippen molar-refractivity contribution in [2.45, 2.75) is 31.6 Å². The van der Waals surface area contributed by atoms with E-state index in [0.717, 1.165) is 43.2 Å². The molecule has 5 rings (SSSR count). The molecule has 2 aliphatic rings. The summed E-state index contributed by atoms with van der Waals surface area (Å²) in [5.74, 6) is 2.61. The third-order valence-electron chi connectivity index (χ3n) is 4.99. The Hall–Kier alpha value is -2.50. The quantitative estimate of drug-likeness (QED) is 0.725. The van der Waals surface area contributed by atoms with Crippen LogP contribution < -0.4 is 4.90 Å². The van der Waals surface area contributed by atoms with Gasteiger partial charge >= 0.3 is 0 Å². The second-order valence-corrected chi connectivity index (χ2v) is 6.42. The van der Waals surface area contributed by atoms with E-state index in [-0.39, 0.29) is 0 Å². The van der Waals surface area contributed by atoms with Gasteiger partial charge in [0.15, 0.2) is 5.65 Å². The van der Waals surface area contributed by atoms with Gasteiger partial charge in [-0.25, -0.2) is 9.97 Å². The van der Waals surface area contributed by atoms with Crippen LogP contribution in [-0.2, 0) is 12.8 Å². The standard InChI is InChI=1S/C17H18N6/c1-2-6-14-13(5-1)17(19-11-18-14)22-9-12(10-22)16-21-20-15-7-3-4-8-23(15)16/h3-4,7-8,11-12H,1-2,5-6,9-10H2. The number of aryl methyl sites for hydroxylation is 1. The maximum Gasteiger partial charge on any atom is 0.160 e. The van der Waals surface area contributed by atoms with Gasteiger partial charge in [-0.05, 0) is 37.8 Å². The maximum atomic E-state index is 4.56. The number of rotatable bonds is 2. The van der Waals surface area contributed by atoms with Gasteiger partial charge in [-0.3, -0.25) is 4.40 Å². The monoisotopic (exact) mass is 306 g/mol. The molecule has 1 aliphatic carbocycles. The molecule has 6 heteroatoms. The Morgan fingerprint density at radius 3 is 2.87 bits per heavy atom. The molecule has 0 N–H and O–H groups in total. The molecule has 3 aromatic heterocycles. The van der Waals surface area contributed by atoms with Crippen molar-refractivity contribution in [2.24, 2.45) is 0 Å². The van der Waals surface area contributed by atoms with Gasteiger partial charge in [-0.1, -0.05) is 6.07 Å². The molecule has 0 spiro atoms. The fourth-order valence-electron chi connectivity index (χ4n) is 3.73. The normalized spacial score (nSPS) is 18.0. The Morgan fingerprint density at radius 1 is 1.00 bits per heavy atom. The minimum absolute atomic E-state index is 0.418. The molecule has 1 fully saturated rings. The van der Waals surface area contributed by atoms with Crippen molar-refractivity contribution < 1.29 is 0 Å². The molecule has 0 unspecified atom stereocenters. The maximum absolute atomic E-state index is 4.56. The van der Waals surface area contributed by atoms with Gasteiger partial charge in [0.25, 0.3) is 0 Å². The average Bonchev–Trinajstić information content (AvgIpc) is 2.98. The second-order valence-electron chi connectivity index (χ2n) is 6.42. The lowest BCUT2D eigenvalue weighted by Crippen LogP contribution is -2.47. The van der Waals surface area contributed by atoms with E-state index in [9.17, 15) is 0 Å². The molecular weight excluding hydrogens is 288 g/mol. The lowest BCUT2D eigenvalue weighted by atomic mass is 9.93. The van der Waals surface area contributed by atoms with Crippen LogP contribution in [0.15, 0.2) is 30.7 Å². The summed E-state index contributed by atoms with van der Waals surface area (Å²) >= 11 is 0. The van der Waals surface area contributed by atoms with Gasteiger partial charge in [-0.15, -0.1) is 10.2 Å². The van der Waals surface area contributed by atoms with Gasteiger partial charge < -0.3 is 4.90 Å². The van der Waals surface area contributed by atoms with E-state index in [4.69, 9.17) is 0 Å². The smallest absolute Gasteiger partial charge is 0.160 e. The van der Waals surface area contributed by atoms with Crippen LogP contribution in [0.3, 0.4) is 0 Å². The fourth-order valence-corrected chi connectivity index (χ4v) is 3.73. The van der Waals surface area contributed by atoms with E-state index in [1.807, 2.05) is 24.4 Å². The van der Waals surface area contributed by atoms with Crippen LogP contribution in [0.1, 0.15) is 35.8 Å². The van der Waals surface area contributed by atoms with Crippen molar-refractivity contribution in [3.05, 3.63) is 47.8 Å². The molecule has 0 amide bonds. The Morgan fingerprint density at radius 2 is 1.91 bits per heavy atom. The van der Waals surface area contributed by atoms with E-state index < -0.39 is 0 Å². The van der Waals surface area contributed by atoms with Crippen molar-refractivity contribution in [1.29, 1.82) is 0 Å². The van der Waals surface area contributed by atoms with Gasteiger partial charge in [0.1, 0.15) is 18.0 Å². The van der Waals surface area contributed by atoms with E-state index in [0.29, 0.717) is 5.92 Å². The highest BCUT2D eigenvalue weighted by molar-refractivity contribution is 5.53. The summed E-state index contributed by atoms with van der Waals surface area (Å²) in [4.78, 5) is 11.4. The van der Waals surface area contributed by atoms with Gasteiger partial charge in [-0.2, -0.15) is 0 Å². The summed E-state index contributed by atoms with van der Waals surface area (Å²) in [7, 11) is 0. The van der Waals surface area contributed by atoms with Crippen LogP contribution >= 0.6 is 0 Å². The molecule has 1 aliphatic heterocycles. The zero-order chi connectivity index (χ0) is 15.2. The predicted molar refractivity (Wildman–Crippen MR) is 86.6 cm³/mol. The number of pyridine rings is 1. The molecule has 23 heavy (non-hydrogen) atoms. The highest BCUT2D eigenvalue weighted by atomic mass is 15.3. The van der Waals surface area contributed by atoms with Gasteiger partial charge in [0.05, 0.1) is 5.92 Å². The number of nitrogens with zero attached hydrogens (tertiary/aromatic N) is 6. The second kappa shape index (κ2) is 5.01. The highest BCUT2D eigenvalue weighted by Gasteiger charge is 2.34. The molecule has 4 heterocycles. The summed E-state index contributed by atoms with van der Waals surface area (Å²) in [6.07, 6.45) is 8.47. The SMILES string of the molecule is c1ccn2c(C3CN(c4ncnc5c4CCCC5)C3)nnc2c1. The van der Waals surface area contributed by atoms with Crippen molar-refractivity contribution >= 4 is 11.5 Å². The Kier molecular flexibility index (Phi) is 2.83. The molecule has 1 saturated heterocycles. The van der Waals surface area contributed by atoms with E-state index in [1.165, 1.54) is 24.1 Å². The van der Waals surface area contributed by atoms with Gasteiger partial charge in [0.2, 0.25) is 0 Å². The molecule has 0 radical (unpaired) electrons. The predicted octanol–water partition coefficient (Wildman–Crippen LogP) is 2.00. The summed E-state index contributed by atoms with van der Waals surface area (Å²) in [6.45, 7) is 1.91.